The molecule has 122 valence electrons. The molecule has 3 heteroatoms. The molecule has 1 aliphatic carbocycles. The molecule has 2 nitrogen and oxygen atoms in total. The van der Waals surface area contributed by atoms with Gasteiger partial charge in [0.05, 0.1) is 10.7 Å². The molecule has 1 aromatic heterocycles. The molecule has 2 aromatic carbocycles. The highest BCUT2D eigenvalue weighted by molar-refractivity contribution is 7.12. The van der Waals surface area contributed by atoms with Crippen molar-refractivity contribution < 1.29 is 0 Å². The molecule has 0 atom stereocenters. The predicted molar refractivity (Wildman–Crippen MR) is 103 cm³/mol. The topological polar surface area (TPSA) is 38.9 Å². The van der Waals surface area contributed by atoms with E-state index in [0.717, 1.165) is 17.8 Å². The number of hydrogen-bond acceptors (Lipinski definition) is 3. The summed E-state index contributed by atoms with van der Waals surface area (Å²) in [5, 5.41) is 1.17. The molecule has 0 unspecified atom stereocenters. The average molecular weight is 334 g/mol. The van der Waals surface area contributed by atoms with Gasteiger partial charge in [-0.05, 0) is 67.5 Å². The van der Waals surface area contributed by atoms with Crippen LogP contribution in [0.2, 0.25) is 0 Å². The van der Waals surface area contributed by atoms with E-state index in [9.17, 15) is 0 Å². The Bertz CT molecular complexity index is 862. The van der Waals surface area contributed by atoms with Crippen molar-refractivity contribution in [1.29, 1.82) is 0 Å². The van der Waals surface area contributed by atoms with E-state index in [1.165, 1.54) is 57.8 Å². The van der Waals surface area contributed by atoms with Gasteiger partial charge in [0.25, 0.3) is 0 Å². The van der Waals surface area contributed by atoms with Crippen molar-refractivity contribution >= 4 is 17.0 Å². The lowest BCUT2D eigenvalue weighted by Crippen LogP contribution is -2.02. The fourth-order valence-electron chi connectivity index (χ4n) is 3.49. The van der Waals surface area contributed by atoms with Gasteiger partial charge in [0.15, 0.2) is 0 Å². The Hall–Kier alpha value is -2.13. The smallest absolute Gasteiger partial charge is 0.0979 e. The van der Waals surface area contributed by atoms with E-state index in [1.54, 1.807) is 11.3 Å². The largest absolute Gasteiger partial charge is 0.399 e. The molecule has 0 bridgehead atoms. The van der Waals surface area contributed by atoms with E-state index >= 15 is 0 Å². The van der Waals surface area contributed by atoms with Crippen molar-refractivity contribution in [3.63, 3.8) is 0 Å². The number of nitrogen functional groups attached to an aromatic ring is 1. The number of aromatic nitrogens is 1. The summed E-state index contributed by atoms with van der Waals surface area (Å²) in [7, 11) is 0. The summed E-state index contributed by atoms with van der Waals surface area (Å²) in [5.74, 6) is 0. The van der Waals surface area contributed by atoms with Gasteiger partial charge in [-0.15, -0.1) is 11.3 Å². The number of nitrogens with two attached hydrogens (primary N) is 1. The van der Waals surface area contributed by atoms with Crippen LogP contribution in [0.1, 0.15) is 39.4 Å². The van der Waals surface area contributed by atoms with Gasteiger partial charge < -0.3 is 5.73 Å². The summed E-state index contributed by atoms with van der Waals surface area (Å²) < 4.78 is 0. The van der Waals surface area contributed by atoms with Crippen LogP contribution in [-0.4, -0.2) is 4.98 Å². The standard InChI is InChI=1S/C21H22N2S/c1-14-21(18-9-8-16-4-2-3-5-17(16)13-18)23-20(24-14)12-15-6-10-19(22)11-7-15/h6-11,13H,2-5,12,22H2,1H3. The van der Waals surface area contributed by atoms with Crippen molar-refractivity contribution in [3.8, 4) is 11.3 Å². The molecule has 0 fully saturated rings. The monoisotopic (exact) mass is 334 g/mol. The fourth-order valence-corrected chi connectivity index (χ4v) is 4.47. The Morgan fingerprint density at radius 2 is 1.75 bits per heavy atom. The van der Waals surface area contributed by atoms with Crippen LogP contribution in [0, 0.1) is 6.92 Å². The lowest BCUT2D eigenvalue weighted by molar-refractivity contribution is 0.686. The third-order valence-corrected chi connectivity index (χ3v) is 5.77. The molecule has 1 heterocycles. The van der Waals surface area contributed by atoms with Crippen LogP contribution < -0.4 is 5.73 Å². The zero-order valence-corrected chi connectivity index (χ0v) is 14.8. The van der Waals surface area contributed by atoms with Crippen LogP contribution in [0.3, 0.4) is 0 Å². The van der Waals surface area contributed by atoms with E-state index in [2.05, 4.69) is 37.3 Å². The second-order valence-corrected chi connectivity index (χ2v) is 7.91. The van der Waals surface area contributed by atoms with Crippen molar-refractivity contribution in [3.05, 3.63) is 69.0 Å². The number of anilines is 1. The summed E-state index contributed by atoms with van der Waals surface area (Å²) >= 11 is 1.80. The molecule has 4 rings (SSSR count). The van der Waals surface area contributed by atoms with E-state index in [1.807, 2.05) is 12.1 Å². The minimum atomic E-state index is 0.809. The second-order valence-electron chi connectivity index (χ2n) is 6.62. The molecule has 2 N–H and O–H groups in total. The number of hydrogen-bond donors (Lipinski definition) is 1. The SMILES string of the molecule is Cc1sc(Cc2ccc(N)cc2)nc1-c1ccc2c(c1)CCCC2. The quantitative estimate of drug-likeness (QED) is 0.671. The van der Waals surface area contributed by atoms with Crippen molar-refractivity contribution in [1.82, 2.24) is 4.98 Å². The van der Waals surface area contributed by atoms with Gasteiger partial charge in [0.2, 0.25) is 0 Å². The predicted octanol–water partition coefficient (Wildman–Crippen LogP) is 5.17. The Morgan fingerprint density at radius 3 is 2.54 bits per heavy atom. The Labute approximate surface area is 147 Å². The van der Waals surface area contributed by atoms with Crippen molar-refractivity contribution in [2.75, 3.05) is 5.73 Å². The summed E-state index contributed by atoms with van der Waals surface area (Å²) in [6.45, 7) is 2.18. The Kier molecular flexibility index (Phi) is 4.11. The number of fused-ring (bicyclic) bond motifs is 1. The van der Waals surface area contributed by atoms with Gasteiger partial charge >= 0.3 is 0 Å². The lowest BCUT2D eigenvalue weighted by atomic mass is 9.90. The second kappa shape index (κ2) is 6.40. The first-order valence-corrected chi connectivity index (χ1v) is 9.43. The molecule has 0 spiro atoms. The molecule has 0 aliphatic heterocycles. The maximum atomic E-state index is 5.77. The average Bonchev–Trinajstić information content (AvgIpc) is 2.97. The number of benzene rings is 2. The van der Waals surface area contributed by atoms with Crippen LogP contribution in [0.25, 0.3) is 11.3 Å². The number of aryl methyl sites for hydroxylation is 3. The first kappa shape index (κ1) is 15.4. The third kappa shape index (κ3) is 3.09. The van der Waals surface area contributed by atoms with E-state index < -0.39 is 0 Å². The van der Waals surface area contributed by atoms with Crippen LogP contribution >= 0.6 is 11.3 Å². The lowest BCUT2D eigenvalue weighted by Gasteiger charge is -2.16. The molecule has 0 radical (unpaired) electrons. The van der Waals surface area contributed by atoms with Crippen LogP contribution in [0.15, 0.2) is 42.5 Å². The molecular weight excluding hydrogens is 312 g/mol. The third-order valence-electron chi connectivity index (χ3n) is 4.80. The van der Waals surface area contributed by atoms with Gasteiger partial charge in [-0.1, -0.05) is 24.3 Å². The Morgan fingerprint density at radius 1 is 1.00 bits per heavy atom. The maximum Gasteiger partial charge on any atom is 0.0979 e. The highest BCUT2D eigenvalue weighted by Crippen LogP contribution is 2.32. The summed E-state index contributed by atoms with van der Waals surface area (Å²) in [4.78, 5) is 6.24. The van der Waals surface area contributed by atoms with E-state index in [4.69, 9.17) is 10.7 Å². The molecular formula is C21H22N2S. The zero-order chi connectivity index (χ0) is 16.5. The van der Waals surface area contributed by atoms with Gasteiger partial charge in [-0.2, -0.15) is 0 Å². The van der Waals surface area contributed by atoms with Gasteiger partial charge in [0.1, 0.15) is 0 Å². The number of rotatable bonds is 3. The molecule has 1 aliphatic rings. The van der Waals surface area contributed by atoms with Crippen molar-refractivity contribution in [2.45, 2.75) is 39.0 Å². The van der Waals surface area contributed by atoms with Gasteiger partial charge in [-0.25, -0.2) is 4.98 Å². The van der Waals surface area contributed by atoms with Crippen LogP contribution in [-0.2, 0) is 19.3 Å². The number of thiazole rings is 1. The zero-order valence-electron chi connectivity index (χ0n) is 14.0. The Balaban J connectivity index is 1.62. The highest BCUT2D eigenvalue weighted by atomic mass is 32.1. The highest BCUT2D eigenvalue weighted by Gasteiger charge is 2.14. The van der Waals surface area contributed by atoms with E-state index in [0.29, 0.717) is 0 Å². The van der Waals surface area contributed by atoms with Crippen molar-refractivity contribution in [2.24, 2.45) is 0 Å². The normalized spacial score (nSPS) is 13.7. The summed E-state index contributed by atoms with van der Waals surface area (Å²) in [5.41, 5.74) is 13.3. The first-order chi connectivity index (χ1) is 11.7. The van der Waals surface area contributed by atoms with Gasteiger partial charge in [0, 0.05) is 22.5 Å². The molecule has 0 amide bonds. The van der Waals surface area contributed by atoms with Crippen LogP contribution in [0.5, 0.6) is 0 Å². The summed E-state index contributed by atoms with van der Waals surface area (Å²) in [6, 6.07) is 15.0. The maximum absolute atomic E-state index is 5.77. The molecule has 0 saturated heterocycles. The van der Waals surface area contributed by atoms with Crippen LogP contribution in [0.4, 0.5) is 5.69 Å². The first-order valence-electron chi connectivity index (χ1n) is 8.62. The fraction of sp³-hybridized carbons (Fsp3) is 0.286. The van der Waals surface area contributed by atoms with E-state index in [-0.39, 0.29) is 0 Å². The summed E-state index contributed by atoms with van der Waals surface area (Å²) in [6.07, 6.45) is 5.96. The minimum Gasteiger partial charge on any atom is -0.399 e. The van der Waals surface area contributed by atoms with Gasteiger partial charge in [-0.3, -0.25) is 0 Å². The molecule has 3 aromatic rings. The molecule has 0 saturated carbocycles. The minimum absolute atomic E-state index is 0.809. The number of nitrogens with zero attached hydrogens (tertiary/aromatic N) is 1. The molecule has 24 heavy (non-hydrogen) atoms.